The Kier molecular flexibility index (Phi) is 4.50. The Morgan fingerprint density at radius 1 is 1.12 bits per heavy atom. The Morgan fingerprint density at radius 3 is 2.46 bits per heavy atom. The van der Waals surface area contributed by atoms with E-state index in [0.29, 0.717) is 49.2 Å². The highest BCUT2D eigenvalue weighted by atomic mass is 16.5. The quantitative estimate of drug-likeness (QED) is 0.790. The zero-order valence-electron chi connectivity index (χ0n) is 14.0. The van der Waals surface area contributed by atoms with Gasteiger partial charge in [0.05, 0.1) is 19.8 Å². The number of aromatic nitrogens is 4. The second-order valence-electron chi connectivity index (χ2n) is 5.42. The number of tetrazole rings is 1. The number of ether oxygens (including phenoxy) is 2. The van der Waals surface area contributed by atoms with Gasteiger partial charge in [0, 0.05) is 33.2 Å². The van der Waals surface area contributed by atoms with Crippen LogP contribution in [0.4, 0.5) is 5.95 Å². The molecule has 24 heavy (non-hydrogen) atoms. The predicted molar refractivity (Wildman–Crippen MR) is 86.5 cm³/mol. The van der Waals surface area contributed by atoms with E-state index in [9.17, 15) is 4.79 Å². The summed E-state index contributed by atoms with van der Waals surface area (Å²) < 4.78 is 12.3. The molecule has 1 aliphatic heterocycles. The van der Waals surface area contributed by atoms with E-state index in [1.165, 1.54) is 7.11 Å². The van der Waals surface area contributed by atoms with Crippen molar-refractivity contribution in [3.05, 3.63) is 23.8 Å². The lowest BCUT2D eigenvalue weighted by atomic mass is 10.1. The van der Waals surface area contributed by atoms with Crippen molar-refractivity contribution in [1.29, 1.82) is 0 Å². The SMILES string of the molecule is COc1cccc(C(=O)N2CCN(c3nnnn3C)CC2)c1OC. The van der Waals surface area contributed by atoms with Crippen LogP contribution in [0.15, 0.2) is 18.2 Å². The van der Waals surface area contributed by atoms with Crippen molar-refractivity contribution in [2.75, 3.05) is 45.3 Å². The van der Waals surface area contributed by atoms with Gasteiger partial charge in [0.2, 0.25) is 5.95 Å². The number of methoxy groups -OCH3 is 2. The minimum atomic E-state index is -0.0681. The fraction of sp³-hybridized carbons (Fsp3) is 0.467. The molecule has 1 aromatic carbocycles. The molecule has 0 spiro atoms. The largest absolute Gasteiger partial charge is 0.493 e. The molecule has 0 N–H and O–H groups in total. The molecule has 9 heteroatoms. The molecule has 9 nitrogen and oxygen atoms in total. The molecule has 0 radical (unpaired) electrons. The third kappa shape index (κ3) is 2.84. The highest BCUT2D eigenvalue weighted by Gasteiger charge is 2.27. The lowest BCUT2D eigenvalue weighted by molar-refractivity contribution is 0.0742. The highest BCUT2D eigenvalue weighted by molar-refractivity contribution is 5.98. The van der Waals surface area contributed by atoms with Crippen molar-refractivity contribution < 1.29 is 14.3 Å². The average Bonchev–Trinajstić information content (AvgIpc) is 3.06. The van der Waals surface area contributed by atoms with Crippen LogP contribution in [-0.2, 0) is 7.05 Å². The first-order valence-corrected chi connectivity index (χ1v) is 7.63. The summed E-state index contributed by atoms with van der Waals surface area (Å²) in [6.45, 7) is 2.52. The minimum absolute atomic E-state index is 0.0681. The lowest BCUT2D eigenvalue weighted by Gasteiger charge is -2.34. The molecule has 1 saturated heterocycles. The maximum Gasteiger partial charge on any atom is 0.257 e. The fourth-order valence-corrected chi connectivity index (χ4v) is 2.83. The first-order valence-electron chi connectivity index (χ1n) is 7.63. The van der Waals surface area contributed by atoms with E-state index in [-0.39, 0.29) is 5.91 Å². The molecule has 1 amide bonds. The number of benzene rings is 1. The topological polar surface area (TPSA) is 85.6 Å². The van der Waals surface area contributed by atoms with Gasteiger partial charge < -0.3 is 19.3 Å². The number of aryl methyl sites for hydroxylation is 1. The predicted octanol–water partition coefficient (Wildman–Crippen LogP) is 0.190. The van der Waals surface area contributed by atoms with Crippen molar-refractivity contribution in [3.63, 3.8) is 0 Å². The molecule has 1 fully saturated rings. The Morgan fingerprint density at radius 2 is 1.88 bits per heavy atom. The molecule has 1 aromatic heterocycles. The van der Waals surface area contributed by atoms with E-state index in [2.05, 4.69) is 20.4 Å². The van der Waals surface area contributed by atoms with Crippen molar-refractivity contribution in [2.45, 2.75) is 0 Å². The highest BCUT2D eigenvalue weighted by Crippen LogP contribution is 2.31. The van der Waals surface area contributed by atoms with Crippen molar-refractivity contribution in [1.82, 2.24) is 25.1 Å². The van der Waals surface area contributed by atoms with Crippen LogP contribution in [0.25, 0.3) is 0 Å². The molecular formula is C15H20N6O3. The summed E-state index contributed by atoms with van der Waals surface area (Å²) in [6.07, 6.45) is 0. The van der Waals surface area contributed by atoms with E-state index in [4.69, 9.17) is 9.47 Å². The molecule has 128 valence electrons. The molecule has 0 unspecified atom stereocenters. The standard InChI is InChI=1S/C15H20N6O3/c1-19-15(16-17-18-19)21-9-7-20(8-10-21)14(22)11-5-4-6-12(23-2)13(11)24-3/h4-6H,7-10H2,1-3H3. The number of piperazine rings is 1. The monoisotopic (exact) mass is 332 g/mol. The van der Waals surface area contributed by atoms with Gasteiger partial charge in [-0.3, -0.25) is 4.79 Å². The van der Waals surface area contributed by atoms with Crippen molar-refractivity contribution in [2.24, 2.45) is 7.05 Å². The van der Waals surface area contributed by atoms with Gasteiger partial charge in [-0.1, -0.05) is 11.2 Å². The summed E-state index contributed by atoms with van der Waals surface area (Å²) in [5.74, 6) is 1.65. The van der Waals surface area contributed by atoms with E-state index >= 15 is 0 Å². The molecule has 2 aromatic rings. The number of nitrogens with zero attached hydrogens (tertiary/aromatic N) is 6. The Hall–Kier alpha value is -2.84. The normalized spacial score (nSPS) is 14.6. The van der Waals surface area contributed by atoms with Crippen LogP contribution < -0.4 is 14.4 Å². The van der Waals surface area contributed by atoms with Gasteiger partial charge in [-0.2, -0.15) is 0 Å². The van der Waals surface area contributed by atoms with Gasteiger partial charge in [0.15, 0.2) is 11.5 Å². The first kappa shape index (κ1) is 16.0. The van der Waals surface area contributed by atoms with E-state index in [1.54, 1.807) is 41.9 Å². The van der Waals surface area contributed by atoms with Gasteiger partial charge >= 0.3 is 0 Å². The number of hydrogen-bond donors (Lipinski definition) is 0. The molecule has 0 saturated carbocycles. The molecule has 3 rings (SSSR count). The smallest absolute Gasteiger partial charge is 0.257 e. The van der Waals surface area contributed by atoms with Gasteiger partial charge in [0.1, 0.15) is 0 Å². The second-order valence-corrected chi connectivity index (χ2v) is 5.42. The first-order chi connectivity index (χ1) is 11.7. The zero-order chi connectivity index (χ0) is 17.1. The van der Waals surface area contributed by atoms with E-state index in [0.717, 1.165) is 0 Å². The minimum Gasteiger partial charge on any atom is -0.493 e. The number of amides is 1. The maximum absolute atomic E-state index is 12.8. The third-order valence-corrected chi connectivity index (χ3v) is 4.08. The summed E-state index contributed by atoms with van der Waals surface area (Å²) in [6, 6.07) is 5.31. The van der Waals surface area contributed by atoms with Crippen LogP contribution >= 0.6 is 0 Å². The number of rotatable bonds is 4. The van der Waals surface area contributed by atoms with Crippen LogP contribution in [-0.4, -0.2) is 71.4 Å². The average molecular weight is 332 g/mol. The van der Waals surface area contributed by atoms with Crippen LogP contribution in [0.2, 0.25) is 0 Å². The van der Waals surface area contributed by atoms with Crippen molar-refractivity contribution >= 4 is 11.9 Å². The molecule has 2 heterocycles. The summed E-state index contributed by atoms with van der Waals surface area (Å²) in [5.41, 5.74) is 0.505. The molecular weight excluding hydrogens is 312 g/mol. The second kappa shape index (κ2) is 6.73. The molecule has 0 aliphatic carbocycles. The van der Waals surface area contributed by atoms with Crippen LogP contribution in [0.3, 0.4) is 0 Å². The number of carbonyl (C=O) groups excluding carboxylic acids is 1. The summed E-state index contributed by atoms with van der Waals surface area (Å²) >= 11 is 0. The van der Waals surface area contributed by atoms with Gasteiger partial charge in [-0.15, -0.1) is 0 Å². The van der Waals surface area contributed by atoms with Crippen molar-refractivity contribution in [3.8, 4) is 11.5 Å². The van der Waals surface area contributed by atoms with Crippen LogP contribution in [0.1, 0.15) is 10.4 Å². The maximum atomic E-state index is 12.8. The Bertz CT molecular complexity index is 724. The van der Waals surface area contributed by atoms with Gasteiger partial charge in [-0.25, -0.2) is 4.68 Å². The summed E-state index contributed by atoms with van der Waals surface area (Å²) in [5, 5.41) is 11.5. The lowest BCUT2D eigenvalue weighted by Crippen LogP contribution is -2.49. The number of para-hydroxylation sites is 1. The number of hydrogen-bond acceptors (Lipinski definition) is 7. The van der Waals surface area contributed by atoms with E-state index in [1.807, 2.05) is 0 Å². The molecule has 0 atom stereocenters. The van der Waals surface area contributed by atoms with E-state index < -0.39 is 0 Å². The van der Waals surface area contributed by atoms with Crippen LogP contribution in [0.5, 0.6) is 11.5 Å². The Balaban J connectivity index is 1.73. The molecule has 0 bridgehead atoms. The van der Waals surface area contributed by atoms with Gasteiger partial charge in [0.25, 0.3) is 5.91 Å². The Labute approximate surface area is 139 Å². The van der Waals surface area contributed by atoms with Gasteiger partial charge in [-0.05, 0) is 22.6 Å². The summed E-state index contributed by atoms with van der Waals surface area (Å²) in [7, 11) is 4.89. The summed E-state index contributed by atoms with van der Waals surface area (Å²) in [4.78, 5) is 16.7. The fourth-order valence-electron chi connectivity index (χ4n) is 2.83. The van der Waals surface area contributed by atoms with Crippen LogP contribution in [0, 0.1) is 0 Å². The zero-order valence-corrected chi connectivity index (χ0v) is 14.0. The number of anilines is 1. The molecule has 1 aliphatic rings. The number of carbonyl (C=O) groups is 1. The third-order valence-electron chi connectivity index (χ3n) is 4.08.